The van der Waals surface area contributed by atoms with Gasteiger partial charge in [-0.05, 0) is 32.3 Å². The van der Waals surface area contributed by atoms with E-state index in [0.29, 0.717) is 0 Å². The Kier molecular flexibility index (Phi) is 4.16. The highest BCUT2D eigenvalue weighted by molar-refractivity contribution is 5.96. The first-order valence-electron chi connectivity index (χ1n) is 4.79. The third kappa shape index (κ3) is 3.60. The van der Waals surface area contributed by atoms with Gasteiger partial charge in [-0.1, -0.05) is 5.16 Å². The summed E-state index contributed by atoms with van der Waals surface area (Å²) in [5.74, 6) is 0.824. The normalized spacial score (nSPS) is 17.5. The van der Waals surface area contributed by atoms with E-state index in [2.05, 4.69) is 5.16 Å². The first kappa shape index (κ1) is 10.8. The lowest BCUT2D eigenvalue weighted by molar-refractivity contribution is -0.116. The Balaban J connectivity index is 2.47. The summed E-state index contributed by atoms with van der Waals surface area (Å²) in [7, 11) is 0. The van der Waals surface area contributed by atoms with E-state index < -0.39 is 0 Å². The monoisotopic (exact) mass is 197 g/mol. The van der Waals surface area contributed by atoms with Crippen LogP contribution in [0.15, 0.2) is 17.0 Å². The van der Waals surface area contributed by atoms with Gasteiger partial charge in [-0.15, -0.1) is 0 Å². The largest absolute Gasteiger partial charge is 0.444 e. The van der Waals surface area contributed by atoms with Crippen LogP contribution in [0, 0.1) is 0 Å². The number of carbonyl (C=O) groups is 1. The fourth-order valence-corrected chi connectivity index (χ4v) is 1.36. The highest BCUT2D eigenvalue weighted by atomic mass is 16.5. The first-order valence-corrected chi connectivity index (χ1v) is 4.79. The maximum atomic E-state index is 10.8. The number of ketones is 1. The van der Waals surface area contributed by atoms with E-state index in [9.17, 15) is 4.79 Å². The van der Waals surface area contributed by atoms with Gasteiger partial charge in [-0.3, -0.25) is 4.79 Å². The zero-order chi connectivity index (χ0) is 10.4. The summed E-state index contributed by atoms with van der Waals surface area (Å²) in [4.78, 5) is 10.8. The van der Waals surface area contributed by atoms with Crippen molar-refractivity contribution in [1.29, 1.82) is 0 Å². The minimum atomic E-state index is -0.0748. The number of ether oxygens (including phenoxy) is 1. The fraction of sp³-hybridized carbons (Fsp3) is 0.600. The van der Waals surface area contributed by atoms with Crippen molar-refractivity contribution >= 4 is 11.7 Å². The zero-order valence-electron chi connectivity index (χ0n) is 8.32. The summed E-state index contributed by atoms with van der Waals surface area (Å²) in [6.45, 7) is 1.43. The molecule has 0 amide bonds. The maximum Gasteiger partial charge on any atom is 0.238 e. The molecule has 0 fully saturated rings. The van der Waals surface area contributed by atoms with Crippen LogP contribution in [0.5, 0.6) is 0 Å². The Morgan fingerprint density at radius 3 is 2.93 bits per heavy atom. The van der Waals surface area contributed by atoms with Crippen LogP contribution in [0.1, 0.15) is 39.0 Å². The number of carbonyl (C=O) groups excluding carboxylic acids is 1. The summed E-state index contributed by atoms with van der Waals surface area (Å²) in [6, 6.07) is 0. The molecule has 4 heteroatoms. The van der Waals surface area contributed by atoms with Crippen molar-refractivity contribution in [2.45, 2.75) is 39.0 Å². The molecule has 0 unspecified atom stereocenters. The molecule has 0 aromatic heterocycles. The molecule has 1 aliphatic rings. The summed E-state index contributed by atoms with van der Waals surface area (Å²) < 4.78 is 5.29. The molecule has 0 saturated carbocycles. The van der Waals surface area contributed by atoms with Gasteiger partial charge in [0.15, 0.2) is 0 Å². The smallest absolute Gasteiger partial charge is 0.238 e. The number of allylic oxidation sites excluding steroid dienone is 2. The molecule has 0 bridgehead atoms. The van der Waals surface area contributed by atoms with Crippen molar-refractivity contribution in [3.63, 3.8) is 0 Å². The molecule has 1 N–H and O–H groups in total. The van der Waals surface area contributed by atoms with Gasteiger partial charge in [-0.2, -0.15) is 0 Å². The molecule has 78 valence electrons. The van der Waals surface area contributed by atoms with Gasteiger partial charge in [0, 0.05) is 6.42 Å². The Morgan fingerprint density at radius 1 is 1.64 bits per heavy atom. The van der Waals surface area contributed by atoms with E-state index in [4.69, 9.17) is 9.94 Å². The minimum absolute atomic E-state index is 0.0494. The van der Waals surface area contributed by atoms with Crippen LogP contribution in [0.25, 0.3) is 0 Å². The molecule has 0 aromatic rings. The number of Topliss-reactive ketones (excluding diaryl/α,β-unsaturated/α-hetero) is 1. The topological polar surface area (TPSA) is 58.9 Å². The third-order valence-corrected chi connectivity index (χ3v) is 2.01. The van der Waals surface area contributed by atoms with Crippen molar-refractivity contribution < 1.29 is 14.7 Å². The predicted molar refractivity (Wildman–Crippen MR) is 52.2 cm³/mol. The van der Waals surface area contributed by atoms with Crippen molar-refractivity contribution in [3.05, 3.63) is 11.8 Å². The molecule has 0 aromatic carbocycles. The van der Waals surface area contributed by atoms with Gasteiger partial charge in [0.1, 0.15) is 11.5 Å². The molecule has 1 aliphatic carbocycles. The van der Waals surface area contributed by atoms with Gasteiger partial charge < -0.3 is 9.94 Å². The molecule has 0 aliphatic heterocycles. The zero-order valence-corrected chi connectivity index (χ0v) is 8.32. The minimum Gasteiger partial charge on any atom is -0.444 e. The number of hydrogen-bond donors (Lipinski definition) is 1. The average molecular weight is 197 g/mol. The van der Waals surface area contributed by atoms with Crippen LogP contribution in [0.2, 0.25) is 0 Å². The number of oxime groups is 1. The van der Waals surface area contributed by atoms with Gasteiger partial charge in [0.2, 0.25) is 5.90 Å². The number of rotatable bonds is 3. The molecule has 0 heterocycles. The van der Waals surface area contributed by atoms with Gasteiger partial charge in [-0.25, -0.2) is 0 Å². The highest BCUT2D eigenvalue weighted by Crippen LogP contribution is 2.18. The second kappa shape index (κ2) is 5.42. The van der Waals surface area contributed by atoms with Crippen molar-refractivity contribution in [1.82, 2.24) is 0 Å². The second-order valence-electron chi connectivity index (χ2n) is 3.39. The highest BCUT2D eigenvalue weighted by Gasteiger charge is 2.10. The SMILES string of the molecule is CC(=O)CC(=NO)OC1=CCCCC1. The lowest BCUT2D eigenvalue weighted by Gasteiger charge is -2.13. The number of nitrogens with zero attached hydrogens (tertiary/aromatic N) is 1. The Morgan fingerprint density at radius 2 is 2.43 bits per heavy atom. The van der Waals surface area contributed by atoms with Crippen molar-refractivity contribution in [3.8, 4) is 0 Å². The van der Waals surface area contributed by atoms with E-state index >= 15 is 0 Å². The molecule has 0 saturated heterocycles. The van der Waals surface area contributed by atoms with E-state index in [1.807, 2.05) is 6.08 Å². The first-order chi connectivity index (χ1) is 6.72. The molecule has 1 rings (SSSR count). The Hall–Kier alpha value is -1.32. The molecule has 0 spiro atoms. The average Bonchev–Trinajstić information content (AvgIpc) is 2.17. The Labute approximate surface area is 83.2 Å². The summed E-state index contributed by atoms with van der Waals surface area (Å²) in [6.07, 6.45) is 6.14. The maximum absolute atomic E-state index is 10.8. The van der Waals surface area contributed by atoms with Crippen LogP contribution < -0.4 is 0 Å². The van der Waals surface area contributed by atoms with Gasteiger partial charge in [0.05, 0.1) is 6.42 Å². The van der Waals surface area contributed by atoms with E-state index in [0.717, 1.165) is 25.0 Å². The summed E-state index contributed by atoms with van der Waals surface area (Å²) in [5, 5.41) is 11.5. The third-order valence-electron chi connectivity index (χ3n) is 2.01. The van der Waals surface area contributed by atoms with Crippen molar-refractivity contribution in [2.24, 2.45) is 5.16 Å². The van der Waals surface area contributed by atoms with E-state index in [-0.39, 0.29) is 18.1 Å². The lowest BCUT2D eigenvalue weighted by Crippen LogP contribution is -2.10. The molecular weight excluding hydrogens is 182 g/mol. The summed E-state index contributed by atoms with van der Waals surface area (Å²) >= 11 is 0. The predicted octanol–water partition coefficient (Wildman–Crippen LogP) is 2.23. The van der Waals surface area contributed by atoms with Crippen LogP contribution in [-0.4, -0.2) is 16.9 Å². The van der Waals surface area contributed by atoms with Crippen LogP contribution >= 0.6 is 0 Å². The van der Waals surface area contributed by atoms with E-state index in [1.165, 1.54) is 13.3 Å². The van der Waals surface area contributed by atoms with Crippen molar-refractivity contribution in [2.75, 3.05) is 0 Å². The van der Waals surface area contributed by atoms with Crippen LogP contribution in [0.3, 0.4) is 0 Å². The standard InChI is InChI=1S/C10H15NO3/c1-8(12)7-10(11-13)14-9-5-3-2-4-6-9/h5,13H,2-4,6-7H2,1H3. The number of hydrogen-bond acceptors (Lipinski definition) is 4. The Bertz CT molecular complexity index is 269. The second-order valence-corrected chi connectivity index (χ2v) is 3.39. The van der Waals surface area contributed by atoms with Crippen LogP contribution in [0.4, 0.5) is 0 Å². The molecule has 4 nitrogen and oxygen atoms in total. The fourth-order valence-electron chi connectivity index (χ4n) is 1.36. The van der Waals surface area contributed by atoms with Gasteiger partial charge >= 0.3 is 0 Å². The quantitative estimate of drug-likeness (QED) is 0.326. The van der Waals surface area contributed by atoms with E-state index in [1.54, 1.807) is 0 Å². The lowest BCUT2D eigenvalue weighted by atomic mass is 10.1. The molecular formula is C10H15NO3. The molecule has 0 radical (unpaired) electrons. The summed E-state index contributed by atoms with van der Waals surface area (Å²) in [5.41, 5.74) is 0. The van der Waals surface area contributed by atoms with Crippen LogP contribution in [-0.2, 0) is 9.53 Å². The molecule has 0 atom stereocenters. The van der Waals surface area contributed by atoms with Gasteiger partial charge in [0.25, 0.3) is 0 Å². The molecule has 14 heavy (non-hydrogen) atoms.